The van der Waals surface area contributed by atoms with Crippen molar-refractivity contribution in [3.05, 3.63) is 108 Å². The zero-order valence-corrected chi connectivity index (χ0v) is 18.3. The lowest BCUT2D eigenvalue weighted by Gasteiger charge is -2.11. The van der Waals surface area contributed by atoms with E-state index in [2.05, 4.69) is 33.5 Å². The largest absolute Gasteiger partial charge is 0.497 e. The maximum absolute atomic E-state index is 8.22. The van der Waals surface area contributed by atoms with Crippen molar-refractivity contribution in [2.75, 3.05) is 7.11 Å². The molecule has 158 valence electrons. The average molecular weight is 439 g/mol. The lowest BCUT2D eigenvalue weighted by Crippen LogP contribution is -2.11. The van der Waals surface area contributed by atoms with Crippen LogP contribution < -0.4 is 10.1 Å². The normalized spacial score (nSPS) is 19.0. The lowest BCUT2D eigenvalue weighted by molar-refractivity contribution is 0.415. The summed E-state index contributed by atoms with van der Waals surface area (Å²) in [6.45, 7) is 0. The molecule has 0 spiro atoms. The SMILES string of the molecule is COc1ccc(C2=C(c3ncc(-c4ccccc4)[nH]3)SC(=CC3C=CC=CC3=N)N2)cc1. The Morgan fingerprint density at radius 3 is 2.59 bits per heavy atom. The number of nitrogens with zero attached hydrogens (tertiary/aromatic N) is 1. The zero-order valence-electron chi connectivity index (χ0n) is 17.5. The summed E-state index contributed by atoms with van der Waals surface area (Å²) in [5, 5.41) is 12.8. The van der Waals surface area contributed by atoms with E-state index in [1.807, 2.05) is 73.0 Å². The molecular formula is C26H22N4OS. The molecule has 2 heterocycles. The Morgan fingerprint density at radius 2 is 1.84 bits per heavy atom. The van der Waals surface area contributed by atoms with E-state index >= 15 is 0 Å². The third kappa shape index (κ3) is 4.05. The molecule has 0 fully saturated rings. The number of nitrogens with one attached hydrogen (secondary N) is 3. The molecule has 0 saturated heterocycles. The highest BCUT2D eigenvalue weighted by atomic mass is 32.2. The molecule has 5 rings (SSSR count). The molecule has 1 atom stereocenters. The van der Waals surface area contributed by atoms with E-state index in [0.717, 1.165) is 44.0 Å². The van der Waals surface area contributed by atoms with Crippen LogP contribution >= 0.6 is 11.8 Å². The van der Waals surface area contributed by atoms with Crippen molar-refractivity contribution in [1.82, 2.24) is 15.3 Å². The van der Waals surface area contributed by atoms with Gasteiger partial charge in [0.1, 0.15) is 11.6 Å². The number of rotatable bonds is 5. The van der Waals surface area contributed by atoms with Gasteiger partial charge in [-0.1, -0.05) is 60.3 Å². The predicted molar refractivity (Wildman–Crippen MR) is 132 cm³/mol. The van der Waals surface area contributed by atoms with E-state index in [1.54, 1.807) is 18.9 Å². The molecule has 0 radical (unpaired) electrons. The van der Waals surface area contributed by atoms with Crippen molar-refractivity contribution in [2.24, 2.45) is 5.92 Å². The van der Waals surface area contributed by atoms with Crippen molar-refractivity contribution in [1.29, 1.82) is 5.41 Å². The Hall–Kier alpha value is -3.77. The number of benzene rings is 2. The van der Waals surface area contributed by atoms with Crippen molar-refractivity contribution in [3.63, 3.8) is 0 Å². The van der Waals surface area contributed by atoms with Gasteiger partial charge in [-0.2, -0.15) is 0 Å². The maximum Gasteiger partial charge on any atom is 0.146 e. The van der Waals surface area contributed by atoms with Gasteiger partial charge in [-0.3, -0.25) is 0 Å². The van der Waals surface area contributed by atoms with Crippen LogP contribution in [-0.2, 0) is 0 Å². The van der Waals surface area contributed by atoms with Crippen LogP contribution in [0.15, 0.2) is 96.2 Å². The van der Waals surface area contributed by atoms with Crippen LogP contribution in [0.5, 0.6) is 5.75 Å². The Kier molecular flexibility index (Phi) is 5.52. The first-order valence-electron chi connectivity index (χ1n) is 10.3. The topological polar surface area (TPSA) is 73.8 Å². The molecule has 0 saturated carbocycles. The average Bonchev–Trinajstić information content (AvgIpc) is 3.49. The Balaban J connectivity index is 1.52. The third-order valence-electron chi connectivity index (χ3n) is 5.34. The molecule has 5 nitrogen and oxygen atoms in total. The van der Waals surface area contributed by atoms with Crippen molar-refractivity contribution in [3.8, 4) is 17.0 Å². The molecule has 1 aliphatic carbocycles. The molecule has 1 aromatic heterocycles. The van der Waals surface area contributed by atoms with Crippen LogP contribution in [0.3, 0.4) is 0 Å². The second-order valence-electron chi connectivity index (χ2n) is 7.43. The van der Waals surface area contributed by atoms with Gasteiger partial charge in [-0.15, -0.1) is 0 Å². The lowest BCUT2D eigenvalue weighted by atomic mass is 9.99. The Labute approximate surface area is 191 Å². The minimum atomic E-state index is -0.0528. The number of ether oxygens (including phenoxy) is 1. The quantitative estimate of drug-likeness (QED) is 0.467. The zero-order chi connectivity index (χ0) is 21.9. The highest BCUT2D eigenvalue weighted by Gasteiger charge is 2.25. The summed E-state index contributed by atoms with van der Waals surface area (Å²) in [4.78, 5) is 9.18. The number of thioether (sulfide) groups is 1. The highest BCUT2D eigenvalue weighted by molar-refractivity contribution is 8.12. The first-order chi connectivity index (χ1) is 15.7. The molecule has 2 aliphatic rings. The standard InChI is InChI=1S/C26H22N4OS/c1-31-20-13-11-18(12-14-20)24-25(26-28-16-22(29-26)17-7-3-2-4-8-17)32-23(30-24)15-19-9-5-6-10-21(19)27/h2-16,19,27,30H,1H3,(H,28,29). The van der Waals surface area contributed by atoms with Gasteiger partial charge in [0.15, 0.2) is 0 Å². The summed E-state index contributed by atoms with van der Waals surface area (Å²) in [7, 11) is 1.67. The second-order valence-corrected chi connectivity index (χ2v) is 8.48. The molecule has 2 aromatic carbocycles. The van der Waals surface area contributed by atoms with E-state index in [9.17, 15) is 0 Å². The summed E-state index contributed by atoms with van der Waals surface area (Å²) >= 11 is 1.63. The van der Waals surface area contributed by atoms with Crippen molar-refractivity contribution >= 4 is 28.1 Å². The van der Waals surface area contributed by atoms with Gasteiger partial charge in [0.2, 0.25) is 0 Å². The minimum Gasteiger partial charge on any atom is -0.497 e. The number of hydrogen-bond acceptors (Lipinski definition) is 5. The van der Waals surface area contributed by atoms with E-state index in [0.29, 0.717) is 5.71 Å². The summed E-state index contributed by atoms with van der Waals surface area (Å²) < 4.78 is 5.32. The number of H-pyrrole nitrogens is 1. The fraction of sp³-hybridized carbons (Fsp3) is 0.0769. The number of methoxy groups -OCH3 is 1. The highest BCUT2D eigenvalue weighted by Crippen LogP contribution is 2.44. The molecule has 32 heavy (non-hydrogen) atoms. The van der Waals surface area contributed by atoms with Gasteiger partial charge in [0.05, 0.1) is 34.6 Å². The van der Waals surface area contributed by atoms with Crippen molar-refractivity contribution < 1.29 is 4.74 Å². The summed E-state index contributed by atoms with van der Waals surface area (Å²) in [6.07, 6.45) is 11.7. The smallest absolute Gasteiger partial charge is 0.146 e. The monoisotopic (exact) mass is 438 g/mol. The maximum atomic E-state index is 8.22. The second kappa shape index (κ2) is 8.77. The van der Waals surface area contributed by atoms with Crippen LogP contribution in [0.25, 0.3) is 21.9 Å². The van der Waals surface area contributed by atoms with Crippen molar-refractivity contribution in [2.45, 2.75) is 0 Å². The van der Waals surface area contributed by atoms with E-state index in [-0.39, 0.29) is 5.92 Å². The summed E-state index contributed by atoms with van der Waals surface area (Å²) in [6, 6.07) is 18.2. The number of imidazole rings is 1. The number of aromatic nitrogens is 2. The first-order valence-corrected chi connectivity index (χ1v) is 11.1. The molecule has 3 aromatic rings. The summed E-state index contributed by atoms with van der Waals surface area (Å²) in [5.41, 5.74) is 4.67. The molecule has 0 amide bonds. The predicted octanol–water partition coefficient (Wildman–Crippen LogP) is 5.85. The fourth-order valence-electron chi connectivity index (χ4n) is 3.64. The molecule has 1 aliphatic heterocycles. The van der Waals surface area contributed by atoms with Crippen LogP contribution in [0.4, 0.5) is 0 Å². The Morgan fingerprint density at radius 1 is 1.03 bits per heavy atom. The van der Waals surface area contributed by atoms with Gasteiger partial charge in [0, 0.05) is 11.6 Å². The first kappa shape index (κ1) is 20.2. The fourth-order valence-corrected chi connectivity index (χ4v) is 4.70. The van der Waals surface area contributed by atoms with Gasteiger partial charge in [-0.25, -0.2) is 4.98 Å². The summed E-state index contributed by atoms with van der Waals surface area (Å²) in [5.74, 6) is 1.57. The van der Waals surface area contributed by atoms with Crippen LogP contribution in [0.2, 0.25) is 0 Å². The Bertz CT molecular complexity index is 1270. The molecule has 3 N–H and O–H groups in total. The molecular weight excluding hydrogens is 416 g/mol. The van der Waals surface area contributed by atoms with Gasteiger partial charge < -0.3 is 20.4 Å². The van der Waals surface area contributed by atoms with E-state index in [1.165, 1.54) is 0 Å². The molecule has 6 heteroatoms. The van der Waals surface area contributed by atoms with Gasteiger partial charge >= 0.3 is 0 Å². The van der Waals surface area contributed by atoms with E-state index in [4.69, 9.17) is 10.1 Å². The third-order valence-corrected chi connectivity index (χ3v) is 6.40. The van der Waals surface area contributed by atoms with E-state index < -0.39 is 0 Å². The minimum absolute atomic E-state index is 0.0528. The molecule has 1 unspecified atom stereocenters. The van der Waals surface area contributed by atoms with Crippen LogP contribution in [0.1, 0.15) is 11.4 Å². The number of allylic oxidation sites excluding steroid dienone is 5. The van der Waals surface area contributed by atoms with Crippen LogP contribution in [0, 0.1) is 11.3 Å². The van der Waals surface area contributed by atoms with Gasteiger partial charge in [0.25, 0.3) is 0 Å². The van der Waals surface area contributed by atoms with Gasteiger partial charge in [-0.05, 0) is 47.5 Å². The number of aromatic amines is 1. The van der Waals surface area contributed by atoms with Crippen LogP contribution in [-0.4, -0.2) is 22.8 Å². The molecule has 0 bridgehead atoms. The number of hydrogen-bond donors (Lipinski definition) is 3.